The summed E-state index contributed by atoms with van der Waals surface area (Å²) in [6.07, 6.45) is 5.63. The van der Waals surface area contributed by atoms with Crippen molar-refractivity contribution in [3.63, 3.8) is 0 Å². The Morgan fingerprint density at radius 1 is 0.800 bits per heavy atom. The van der Waals surface area contributed by atoms with Gasteiger partial charge in [0.1, 0.15) is 0 Å². The number of hydrogen-bond acceptors (Lipinski definition) is 2. The molecule has 0 atom stereocenters. The van der Waals surface area contributed by atoms with E-state index in [2.05, 4.69) is 0 Å². The third-order valence-corrected chi connectivity index (χ3v) is 2.29. The van der Waals surface area contributed by atoms with Crippen molar-refractivity contribution in [1.29, 1.82) is 0 Å². The Bertz CT molecular complexity index is 73.3. The molecule has 1 saturated carbocycles. The van der Waals surface area contributed by atoms with Crippen molar-refractivity contribution in [1.82, 2.24) is 0 Å². The Morgan fingerprint density at radius 3 is 1.30 bits per heavy atom. The summed E-state index contributed by atoms with van der Waals surface area (Å²) in [6.45, 7) is 0. The molecule has 60 valence electrons. The Hall–Kier alpha value is -0.0800. The van der Waals surface area contributed by atoms with Gasteiger partial charge in [0.15, 0.2) is 0 Å². The standard InChI is InChI=1S/C8H16O2/c1-9-7-3-5-8(10-2)6-4-7/h7-8H,3-6H2,1-2H3/t7-,8-. The topological polar surface area (TPSA) is 18.5 Å². The lowest BCUT2D eigenvalue weighted by molar-refractivity contribution is 0.00454. The average molecular weight is 144 g/mol. The maximum absolute atomic E-state index is 5.23. The highest BCUT2D eigenvalue weighted by atomic mass is 16.5. The van der Waals surface area contributed by atoms with E-state index in [0.717, 1.165) is 25.7 Å². The normalized spacial score (nSPS) is 34.2. The molecule has 0 unspecified atom stereocenters. The average Bonchev–Trinajstić information content (AvgIpc) is 2.05. The van der Waals surface area contributed by atoms with Crippen LogP contribution in [0.4, 0.5) is 0 Å². The van der Waals surface area contributed by atoms with Gasteiger partial charge in [-0.1, -0.05) is 0 Å². The second kappa shape index (κ2) is 3.94. The molecular weight excluding hydrogens is 128 g/mol. The molecule has 1 rings (SSSR count). The molecule has 0 spiro atoms. The van der Waals surface area contributed by atoms with Crippen LogP contribution >= 0.6 is 0 Å². The zero-order chi connectivity index (χ0) is 7.40. The van der Waals surface area contributed by atoms with Crippen LogP contribution in [0.1, 0.15) is 25.7 Å². The molecule has 1 aliphatic rings. The summed E-state index contributed by atoms with van der Waals surface area (Å²) in [7, 11) is 3.58. The van der Waals surface area contributed by atoms with Crippen molar-refractivity contribution in [2.75, 3.05) is 14.2 Å². The number of hydrogen-bond donors (Lipinski definition) is 0. The Balaban J connectivity index is 2.17. The highest BCUT2D eigenvalue weighted by Gasteiger charge is 2.19. The van der Waals surface area contributed by atoms with Gasteiger partial charge in [-0.25, -0.2) is 0 Å². The molecule has 1 fully saturated rings. The summed E-state index contributed by atoms with van der Waals surface area (Å²) in [5.41, 5.74) is 0. The van der Waals surface area contributed by atoms with Crippen LogP contribution in [0.15, 0.2) is 0 Å². The molecule has 10 heavy (non-hydrogen) atoms. The van der Waals surface area contributed by atoms with Gasteiger partial charge >= 0.3 is 0 Å². The molecule has 0 aromatic heterocycles. The minimum atomic E-state index is 0.492. The lowest BCUT2D eigenvalue weighted by atomic mass is 9.95. The predicted octanol–water partition coefficient (Wildman–Crippen LogP) is 1.59. The first-order valence-electron chi connectivity index (χ1n) is 3.92. The summed E-state index contributed by atoms with van der Waals surface area (Å²) in [5, 5.41) is 0. The van der Waals surface area contributed by atoms with Crippen LogP contribution in [0.25, 0.3) is 0 Å². The van der Waals surface area contributed by atoms with Crippen molar-refractivity contribution in [2.24, 2.45) is 0 Å². The fourth-order valence-corrected chi connectivity index (χ4v) is 1.50. The molecule has 0 bridgehead atoms. The molecule has 0 aromatic rings. The van der Waals surface area contributed by atoms with Gasteiger partial charge in [-0.15, -0.1) is 0 Å². The van der Waals surface area contributed by atoms with Crippen LogP contribution in [0.3, 0.4) is 0 Å². The first-order chi connectivity index (χ1) is 4.86. The zero-order valence-electron chi connectivity index (χ0n) is 6.80. The van der Waals surface area contributed by atoms with Crippen LogP contribution < -0.4 is 0 Å². The summed E-state index contributed by atoms with van der Waals surface area (Å²) in [4.78, 5) is 0. The number of rotatable bonds is 2. The maximum atomic E-state index is 5.23. The summed E-state index contributed by atoms with van der Waals surface area (Å²) >= 11 is 0. The molecule has 0 saturated heterocycles. The van der Waals surface area contributed by atoms with Crippen molar-refractivity contribution in [3.8, 4) is 0 Å². The molecule has 0 N–H and O–H groups in total. The SMILES string of the molecule is CO[C@H]1CC[C@H](OC)CC1. The summed E-state index contributed by atoms with van der Waals surface area (Å²) in [5.74, 6) is 0. The smallest absolute Gasteiger partial charge is 0.0573 e. The molecule has 0 aliphatic heterocycles. The highest BCUT2D eigenvalue weighted by molar-refractivity contribution is 4.71. The molecule has 0 aromatic carbocycles. The van der Waals surface area contributed by atoms with E-state index in [9.17, 15) is 0 Å². The first-order valence-corrected chi connectivity index (χ1v) is 3.92. The monoisotopic (exact) mass is 144 g/mol. The highest BCUT2D eigenvalue weighted by Crippen LogP contribution is 2.21. The van der Waals surface area contributed by atoms with Gasteiger partial charge in [0.05, 0.1) is 12.2 Å². The van der Waals surface area contributed by atoms with Crippen LogP contribution in [0.2, 0.25) is 0 Å². The Morgan fingerprint density at radius 2 is 1.10 bits per heavy atom. The van der Waals surface area contributed by atoms with E-state index in [1.807, 2.05) is 0 Å². The van der Waals surface area contributed by atoms with Gasteiger partial charge in [0.2, 0.25) is 0 Å². The van der Waals surface area contributed by atoms with Crippen molar-refractivity contribution in [3.05, 3.63) is 0 Å². The number of methoxy groups -OCH3 is 2. The molecule has 0 radical (unpaired) electrons. The fraction of sp³-hybridized carbons (Fsp3) is 1.00. The minimum Gasteiger partial charge on any atom is -0.381 e. The van der Waals surface area contributed by atoms with Crippen molar-refractivity contribution < 1.29 is 9.47 Å². The van der Waals surface area contributed by atoms with Crippen LogP contribution in [-0.2, 0) is 9.47 Å². The lowest BCUT2D eigenvalue weighted by Gasteiger charge is -2.26. The Labute approximate surface area is 62.5 Å². The van der Waals surface area contributed by atoms with Crippen molar-refractivity contribution >= 4 is 0 Å². The first kappa shape index (κ1) is 8.02. The fourth-order valence-electron chi connectivity index (χ4n) is 1.50. The lowest BCUT2D eigenvalue weighted by Crippen LogP contribution is -2.24. The second-order valence-corrected chi connectivity index (χ2v) is 2.87. The van der Waals surface area contributed by atoms with E-state index in [1.54, 1.807) is 14.2 Å². The quantitative estimate of drug-likeness (QED) is 0.586. The van der Waals surface area contributed by atoms with Crippen LogP contribution in [0.5, 0.6) is 0 Å². The van der Waals surface area contributed by atoms with E-state index in [-0.39, 0.29) is 0 Å². The van der Waals surface area contributed by atoms with E-state index in [4.69, 9.17) is 9.47 Å². The summed E-state index contributed by atoms with van der Waals surface area (Å²) < 4.78 is 10.5. The van der Waals surface area contributed by atoms with Gasteiger partial charge in [-0.05, 0) is 25.7 Å². The van der Waals surface area contributed by atoms with E-state index < -0.39 is 0 Å². The van der Waals surface area contributed by atoms with Crippen LogP contribution in [0, 0.1) is 0 Å². The molecule has 2 heteroatoms. The predicted molar refractivity (Wildman–Crippen MR) is 40.1 cm³/mol. The van der Waals surface area contributed by atoms with Crippen molar-refractivity contribution in [2.45, 2.75) is 37.9 Å². The van der Waals surface area contributed by atoms with Gasteiger partial charge in [0, 0.05) is 14.2 Å². The summed E-state index contributed by atoms with van der Waals surface area (Å²) in [6, 6.07) is 0. The number of ether oxygens (including phenoxy) is 2. The third kappa shape index (κ3) is 1.96. The second-order valence-electron chi connectivity index (χ2n) is 2.87. The van der Waals surface area contributed by atoms with Gasteiger partial charge in [0.25, 0.3) is 0 Å². The Kier molecular flexibility index (Phi) is 3.16. The molecule has 0 amide bonds. The molecular formula is C8H16O2. The molecule has 0 heterocycles. The molecule has 1 aliphatic carbocycles. The third-order valence-electron chi connectivity index (χ3n) is 2.29. The minimum absolute atomic E-state index is 0.492. The van der Waals surface area contributed by atoms with Gasteiger partial charge in [-0.2, -0.15) is 0 Å². The van der Waals surface area contributed by atoms with E-state index >= 15 is 0 Å². The van der Waals surface area contributed by atoms with Gasteiger partial charge < -0.3 is 9.47 Å². The zero-order valence-corrected chi connectivity index (χ0v) is 6.80. The van der Waals surface area contributed by atoms with Crippen LogP contribution in [-0.4, -0.2) is 26.4 Å². The maximum Gasteiger partial charge on any atom is 0.0573 e. The van der Waals surface area contributed by atoms with E-state index in [1.165, 1.54) is 0 Å². The molecule has 2 nitrogen and oxygen atoms in total. The van der Waals surface area contributed by atoms with Gasteiger partial charge in [-0.3, -0.25) is 0 Å². The van der Waals surface area contributed by atoms with E-state index in [0.29, 0.717) is 12.2 Å². The largest absolute Gasteiger partial charge is 0.381 e.